The fraction of sp³-hybridized carbons (Fsp3) is 0.444. The van der Waals surface area contributed by atoms with E-state index in [-0.39, 0.29) is 11.8 Å². The summed E-state index contributed by atoms with van der Waals surface area (Å²) >= 11 is 0. The first kappa shape index (κ1) is 18.0. The lowest BCUT2D eigenvalue weighted by molar-refractivity contribution is 0.0599. The maximum atomic E-state index is 12.8. The van der Waals surface area contributed by atoms with Crippen molar-refractivity contribution < 1.29 is 18.7 Å². The molecule has 0 aliphatic heterocycles. The standard InChI is InChI=1S/C18H24N2O4/c1-10-7-8-14(24-10)9-20(5)13(4)17(21)16-11(2)15(12(3)19-16)18(22)23-6/h7-8,13,19H,9H2,1-6H3/t13-/m0/s1. The second-order valence-electron chi connectivity index (χ2n) is 6.08. The Bertz CT molecular complexity index is 757. The van der Waals surface area contributed by atoms with E-state index in [0.29, 0.717) is 29.1 Å². The zero-order valence-electron chi connectivity index (χ0n) is 15.0. The molecule has 0 aliphatic rings. The van der Waals surface area contributed by atoms with Gasteiger partial charge in [-0.15, -0.1) is 0 Å². The van der Waals surface area contributed by atoms with E-state index in [2.05, 4.69) is 4.98 Å². The van der Waals surface area contributed by atoms with Gasteiger partial charge in [-0.05, 0) is 52.4 Å². The summed E-state index contributed by atoms with van der Waals surface area (Å²) < 4.78 is 10.3. The Balaban J connectivity index is 2.20. The molecule has 24 heavy (non-hydrogen) atoms. The van der Waals surface area contributed by atoms with Crippen molar-refractivity contribution in [1.82, 2.24) is 9.88 Å². The van der Waals surface area contributed by atoms with Crippen molar-refractivity contribution in [3.05, 3.63) is 46.2 Å². The van der Waals surface area contributed by atoms with Gasteiger partial charge >= 0.3 is 5.97 Å². The largest absolute Gasteiger partial charge is 0.465 e. The van der Waals surface area contributed by atoms with Crippen molar-refractivity contribution >= 4 is 11.8 Å². The number of nitrogens with zero attached hydrogens (tertiary/aromatic N) is 1. The van der Waals surface area contributed by atoms with Crippen LogP contribution in [0.4, 0.5) is 0 Å². The van der Waals surface area contributed by atoms with Gasteiger partial charge in [-0.2, -0.15) is 0 Å². The van der Waals surface area contributed by atoms with Crippen LogP contribution >= 0.6 is 0 Å². The number of hydrogen-bond acceptors (Lipinski definition) is 5. The molecule has 0 fully saturated rings. The van der Waals surface area contributed by atoms with Crippen molar-refractivity contribution in [3.63, 3.8) is 0 Å². The summed E-state index contributed by atoms with van der Waals surface area (Å²) in [6.07, 6.45) is 0. The third-order valence-electron chi connectivity index (χ3n) is 4.32. The first-order valence-corrected chi connectivity index (χ1v) is 7.83. The Morgan fingerprint density at radius 1 is 1.29 bits per heavy atom. The van der Waals surface area contributed by atoms with Crippen molar-refractivity contribution in [1.29, 1.82) is 0 Å². The van der Waals surface area contributed by atoms with Gasteiger partial charge in [0.25, 0.3) is 0 Å². The molecule has 1 atom stereocenters. The summed E-state index contributed by atoms with van der Waals surface area (Å²) in [7, 11) is 3.20. The van der Waals surface area contributed by atoms with Crippen LogP contribution in [0.1, 0.15) is 50.5 Å². The average molecular weight is 332 g/mol. The molecule has 0 radical (unpaired) electrons. The van der Waals surface area contributed by atoms with Gasteiger partial charge in [0.05, 0.1) is 31.0 Å². The number of aromatic amines is 1. The third kappa shape index (κ3) is 3.43. The third-order valence-corrected chi connectivity index (χ3v) is 4.32. The molecule has 0 spiro atoms. The molecule has 130 valence electrons. The predicted molar refractivity (Wildman–Crippen MR) is 90.3 cm³/mol. The summed E-state index contributed by atoms with van der Waals surface area (Å²) in [6, 6.07) is 3.44. The molecule has 0 saturated heterocycles. The van der Waals surface area contributed by atoms with Crippen molar-refractivity contribution in [2.24, 2.45) is 0 Å². The van der Waals surface area contributed by atoms with Crippen LogP contribution in [0, 0.1) is 20.8 Å². The van der Waals surface area contributed by atoms with Crippen LogP contribution < -0.4 is 0 Å². The molecule has 2 aromatic heterocycles. The van der Waals surface area contributed by atoms with Crippen LogP contribution in [0.2, 0.25) is 0 Å². The molecular weight excluding hydrogens is 308 g/mol. The molecule has 2 aromatic rings. The lowest BCUT2D eigenvalue weighted by atomic mass is 10.0. The number of ketones is 1. The fourth-order valence-electron chi connectivity index (χ4n) is 2.77. The number of nitrogens with one attached hydrogen (secondary N) is 1. The molecule has 6 heteroatoms. The van der Waals surface area contributed by atoms with Gasteiger partial charge in [0.2, 0.25) is 0 Å². The second kappa shape index (κ2) is 7.05. The minimum absolute atomic E-state index is 0.0727. The van der Waals surface area contributed by atoms with Gasteiger partial charge < -0.3 is 14.1 Å². The van der Waals surface area contributed by atoms with E-state index in [1.165, 1.54) is 7.11 Å². The number of carbonyl (C=O) groups is 2. The highest BCUT2D eigenvalue weighted by molar-refractivity contribution is 6.03. The summed E-state index contributed by atoms with van der Waals surface area (Å²) in [5.41, 5.74) is 2.14. The van der Waals surface area contributed by atoms with Gasteiger partial charge in [0, 0.05) is 5.69 Å². The highest BCUT2D eigenvalue weighted by atomic mass is 16.5. The Hall–Kier alpha value is -2.34. The van der Waals surface area contributed by atoms with Crippen molar-refractivity contribution in [2.75, 3.05) is 14.2 Å². The van der Waals surface area contributed by atoms with Gasteiger partial charge in [0.1, 0.15) is 11.5 Å². The molecule has 0 unspecified atom stereocenters. The number of Topliss-reactive ketones (excluding diaryl/α,β-unsaturated/α-hetero) is 1. The molecule has 2 heterocycles. The maximum Gasteiger partial charge on any atom is 0.339 e. The molecule has 0 aliphatic carbocycles. The predicted octanol–water partition coefficient (Wildman–Crippen LogP) is 3.02. The fourth-order valence-corrected chi connectivity index (χ4v) is 2.77. The number of ether oxygens (including phenoxy) is 1. The number of aryl methyl sites for hydroxylation is 2. The quantitative estimate of drug-likeness (QED) is 0.650. The van der Waals surface area contributed by atoms with Crippen LogP contribution in [0.3, 0.4) is 0 Å². The summed E-state index contributed by atoms with van der Waals surface area (Å²) in [6.45, 7) is 7.77. The molecular formula is C18H24N2O4. The second-order valence-corrected chi connectivity index (χ2v) is 6.08. The lowest BCUT2D eigenvalue weighted by Crippen LogP contribution is -2.36. The minimum atomic E-state index is -0.438. The molecule has 0 aromatic carbocycles. The lowest BCUT2D eigenvalue weighted by Gasteiger charge is -2.22. The first-order chi connectivity index (χ1) is 11.3. The number of hydrogen-bond donors (Lipinski definition) is 1. The Labute approximate surface area is 141 Å². The number of esters is 1. The summed E-state index contributed by atoms with van der Waals surface area (Å²) in [5.74, 6) is 1.14. The number of furan rings is 1. The molecule has 0 saturated carbocycles. The summed E-state index contributed by atoms with van der Waals surface area (Å²) in [4.78, 5) is 29.6. The van der Waals surface area contributed by atoms with E-state index in [9.17, 15) is 9.59 Å². The van der Waals surface area contributed by atoms with Gasteiger partial charge in [-0.25, -0.2) is 4.79 Å². The number of H-pyrrole nitrogens is 1. The van der Waals surface area contributed by atoms with E-state index in [4.69, 9.17) is 9.15 Å². The number of methoxy groups -OCH3 is 1. The van der Waals surface area contributed by atoms with Crippen molar-refractivity contribution in [3.8, 4) is 0 Å². The van der Waals surface area contributed by atoms with E-state index < -0.39 is 5.97 Å². The van der Waals surface area contributed by atoms with E-state index >= 15 is 0 Å². The van der Waals surface area contributed by atoms with E-state index in [1.807, 2.05) is 37.9 Å². The minimum Gasteiger partial charge on any atom is -0.465 e. The monoisotopic (exact) mass is 332 g/mol. The van der Waals surface area contributed by atoms with Crippen molar-refractivity contribution in [2.45, 2.75) is 40.3 Å². The Morgan fingerprint density at radius 2 is 1.96 bits per heavy atom. The number of rotatable bonds is 6. The summed E-state index contributed by atoms with van der Waals surface area (Å²) in [5, 5.41) is 0. The highest BCUT2D eigenvalue weighted by Gasteiger charge is 2.27. The topological polar surface area (TPSA) is 75.5 Å². The average Bonchev–Trinajstić information content (AvgIpc) is 3.08. The smallest absolute Gasteiger partial charge is 0.339 e. The molecule has 0 amide bonds. The normalized spacial score (nSPS) is 12.5. The van der Waals surface area contributed by atoms with Gasteiger partial charge in [-0.3, -0.25) is 9.69 Å². The molecule has 1 N–H and O–H groups in total. The Morgan fingerprint density at radius 3 is 2.50 bits per heavy atom. The van der Waals surface area contributed by atoms with E-state index in [0.717, 1.165) is 11.5 Å². The zero-order chi connectivity index (χ0) is 18.0. The molecule has 6 nitrogen and oxygen atoms in total. The number of aromatic nitrogens is 1. The highest BCUT2D eigenvalue weighted by Crippen LogP contribution is 2.21. The maximum absolute atomic E-state index is 12.8. The van der Waals surface area contributed by atoms with Crippen LogP contribution in [0.15, 0.2) is 16.5 Å². The van der Waals surface area contributed by atoms with Gasteiger partial charge in [0.15, 0.2) is 5.78 Å². The molecule has 0 bridgehead atoms. The molecule has 2 rings (SSSR count). The van der Waals surface area contributed by atoms with Gasteiger partial charge in [-0.1, -0.05) is 0 Å². The van der Waals surface area contributed by atoms with E-state index in [1.54, 1.807) is 13.8 Å². The first-order valence-electron chi connectivity index (χ1n) is 7.83. The van der Waals surface area contributed by atoms with Crippen LogP contribution in [0.25, 0.3) is 0 Å². The zero-order valence-corrected chi connectivity index (χ0v) is 15.0. The number of likely N-dealkylation sites (N-methyl/N-ethyl adjacent to an activating group) is 1. The van der Waals surface area contributed by atoms with Crippen LogP contribution in [0.5, 0.6) is 0 Å². The Kier molecular flexibility index (Phi) is 5.29. The SMILES string of the molecule is COC(=O)c1c(C)[nH]c(C(=O)[C@H](C)N(C)Cc2ccc(C)o2)c1C. The van der Waals surface area contributed by atoms with Crippen LogP contribution in [-0.2, 0) is 11.3 Å². The number of carbonyl (C=O) groups excluding carboxylic acids is 2. The van der Waals surface area contributed by atoms with Crippen LogP contribution in [-0.4, -0.2) is 41.8 Å².